The molecule has 0 aromatic heterocycles. The SMILES string of the molecule is CC[S+]([O-])c1ccc(Cl)cc1CNC(=O)c1cc(Cl)c(CN2CCC[C@@H](NSC)C2)c(C(F)(F)F)c1. The normalized spacial score (nSPS) is 17.7. The Bertz CT molecular complexity index is 1070. The maximum Gasteiger partial charge on any atom is 0.416 e. The molecule has 2 aromatic carbocycles. The zero-order chi connectivity index (χ0) is 26.5. The maximum absolute atomic E-state index is 14.0. The first-order valence-corrected chi connectivity index (χ1v) is 14.7. The molecular weight excluding hydrogens is 554 g/mol. The van der Waals surface area contributed by atoms with E-state index in [1.54, 1.807) is 25.1 Å². The lowest BCUT2D eigenvalue weighted by Crippen LogP contribution is -2.43. The molecule has 12 heteroatoms. The van der Waals surface area contributed by atoms with Gasteiger partial charge in [-0.05, 0) is 79.6 Å². The smallest absolute Gasteiger partial charge is 0.416 e. The van der Waals surface area contributed by atoms with Crippen molar-refractivity contribution in [1.82, 2.24) is 14.9 Å². The van der Waals surface area contributed by atoms with Crippen LogP contribution in [0.3, 0.4) is 0 Å². The number of hydrogen-bond acceptors (Lipinski definition) is 5. The average Bonchev–Trinajstić information content (AvgIpc) is 2.83. The Hall–Kier alpha value is -1.14. The lowest BCUT2D eigenvalue weighted by atomic mass is 10.00. The molecule has 0 bridgehead atoms. The van der Waals surface area contributed by atoms with Crippen LogP contribution in [0.2, 0.25) is 10.0 Å². The van der Waals surface area contributed by atoms with Gasteiger partial charge in [-0.1, -0.05) is 35.1 Å². The van der Waals surface area contributed by atoms with Gasteiger partial charge in [-0.15, -0.1) is 0 Å². The minimum Gasteiger partial charge on any atom is -0.611 e. The van der Waals surface area contributed by atoms with Gasteiger partial charge in [-0.3, -0.25) is 14.4 Å². The third kappa shape index (κ3) is 7.69. The summed E-state index contributed by atoms with van der Waals surface area (Å²) in [5, 5.41) is 2.90. The third-order valence-electron chi connectivity index (χ3n) is 5.90. The number of carbonyl (C=O) groups excluding carboxylic acids is 1. The van der Waals surface area contributed by atoms with Crippen LogP contribution in [0.15, 0.2) is 35.2 Å². The zero-order valence-electron chi connectivity index (χ0n) is 19.9. The second-order valence-corrected chi connectivity index (χ2v) is 11.6. The van der Waals surface area contributed by atoms with Gasteiger partial charge in [0.2, 0.25) is 0 Å². The first-order chi connectivity index (χ1) is 17.0. The highest BCUT2D eigenvalue weighted by Gasteiger charge is 2.36. The molecule has 2 aromatic rings. The minimum absolute atomic E-state index is 0.0385. The van der Waals surface area contributed by atoms with Crippen molar-refractivity contribution in [2.24, 2.45) is 0 Å². The van der Waals surface area contributed by atoms with E-state index in [0.29, 0.717) is 34.3 Å². The molecule has 3 rings (SSSR count). The Labute approximate surface area is 226 Å². The van der Waals surface area contributed by atoms with Crippen LogP contribution in [0, 0.1) is 0 Å². The van der Waals surface area contributed by atoms with E-state index in [1.165, 1.54) is 18.0 Å². The summed E-state index contributed by atoms with van der Waals surface area (Å²) in [4.78, 5) is 15.3. The van der Waals surface area contributed by atoms with E-state index < -0.39 is 28.8 Å². The number of likely N-dealkylation sites (tertiary alicyclic amines) is 1. The summed E-state index contributed by atoms with van der Waals surface area (Å²) in [6.45, 7) is 3.04. The molecule has 5 nitrogen and oxygen atoms in total. The lowest BCUT2D eigenvalue weighted by molar-refractivity contribution is -0.138. The van der Waals surface area contributed by atoms with Crippen molar-refractivity contribution in [3.8, 4) is 0 Å². The van der Waals surface area contributed by atoms with Crippen molar-refractivity contribution in [3.05, 3.63) is 62.6 Å². The van der Waals surface area contributed by atoms with Gasteiger partial charge in [-0.25, -0.2) is 0 Å². The summed E-state index contributed by atoms with van der Waals surface area (Å²) < 4.78 is 57.7. The van der Waals surface area contributed by atoms with Crippen LogP contribution in [0.4, 0.5) is 13.2 Å². The van der Waals surface area contributed by atoms with Crippen LogP contribution in [0.25, 0.3) is 0 Å². The third-order valence-corrected chi connectivity index (χ3v) is 8.46. The number of nitrogens with one attached hydrogen (secondary N) is 2. The largest absolute Gasteiger partial charge is 0.611 e. The number of benzene rings is 2. The Balaban J connectivity index is 1.82. The minimum atomic E-state index is -4.68. The molecule has 1 heterocycles. The van der Waals surface area contributed by atoms with Gasteiger partial charge >= 0.3 is 6.18 Å². The second kappa shape index (κ2) is 13.1. The predicted molar refractivity (Wildman–Crippen MR) is 141 cm³/mol. The number of hydrogen-bond donors (Lipinski definition) is 2. The van der Waals surface area contributed by atoms with Crippen molar-refractivity contribution in [1.29, 1.82) is 0 Å². The summed E-state index contributed by atoms with van der Waals surface area (Å²) in [7, 11) is 0. The lowest BCUT2D eigenvalue weighted by Gasteiger charge is -2.33. The fraction of sp³-hybridized carbons (Fsp3) is 0.458. The van der Waals surface area contributed by atoms with Gasteiger partial charge in [0.05, 0.1) is 5.56 Å². The molecule has 0 spiro atoms. The Kier molecular flexibility index (Phi) is 10.7. The number of piperidine rings is 1. The number of rotatable bonds is 9. The van der Waals surface area contributed by atoms with Crippen LogP contribution in [-0.4, -0.2) is 46.5 Å². The van der Waals surface area contributed by atoms with Crippen LogP contribution < -0.4 is 10.0 Å². The van der Waals surface area contributed by atoms with Crippen LogP contribution in [0.1, 0.15) is 46.8 Å². The predicted octanol–water partition coefficient (Wildman–Crippen LogP) is 5.90. The number of nitrogens with zero attached hydrogens (tertiary/aromatic N) is 1. The summed E-state index contributed by atoms with van der Waals surface area (Å²) in [6.07, 6.45) is -0.944. The Morgan fingerprint density at radius 2 is 2.03 bits per heavy atom. The molecule has 0 saturated carbocycles. The van der Waals surface area contributed by atoms with E-state index in [2.05, 4.69) is 10.0 Å². The molecule has 2 N–H and O–H groups in total. The molecule has 1 aliphatic rings. The second-order valence-electron chi connectivity index (χ2n) is 8.45. The zero-order valence-corrected chi connectivity index (χ0v) is 23.0. The van der Waals surface area contributed by atoms with E-state index in [4.69, 9.17) is 23.2 Å². The number of halogens is 5. The maximum atomic E-state index is 14.0. The monoisotopic (exact) mass is 581 g/mol. The fourth-order valence-corrected chi connectivity index (χ4v) is 6.16. The van der Waals surface area contributed by atoms with Gasteiger partial charge in [0, 0.05) is 46.8 Å². The van der Waals surface area contributed by atoms with Crippen molar-refractivity contribution in [2.75, 3.05) is 25.1 Å². The van der Waals surface area contributed by atoms with E-state index in [1.807, 2.05) is 11.2 Å². The highest BCUT2D eigenvalue weighted by Crippen LogP contribution is 2.37. The molecule has 1 amide bonds. The van der Waals surface area contributed by atoms with Gasteiger partial charge in [0.25, 0.3) is 5.91 Å². The average molecular weight is 583 g/mol. The molecular formula is C24H28Cl2F3N3O2S2. The Morgan fingerprint density at radius 1 is 1.28 bits per heavy atom. The molecule has 0 radical (unpaired) electrons. The molecule has 36 heavy (non-hydrogen) atoms. The molecule has 1 unspecified atom stereocenters. The fourth-order valence-electron chi connectivity index (χ4n) is 4.21. The summed E-state index contributed by atoms with van der Waals surface area (Å²) in [5.41, 5.74) is -0.623. The summed E-state index contributed by atoms with van der Waals surface area (Å²) in [5.74, 6) is -0.343. The molecule has 1 fully saturated rings. The van der Waals surface area contributed by atoms with Crippen molar-refractivity contribution >= 4 is 52.2 Å². The van der Waals surface area contributed by atoms with E-state index in [9.17, 15) is 22.5 Å². The first-order valence-electron chi connectivity index (χ1n) is 11.4. The number of amides is 1. The quantitative estimate of drug-likeness (QED) is 0.285. The highest BCUT2D eigenvalue weighted by atomic mass is 35.5. The van der Waals surface area contributed by atoms with Gasteiger partial charge in [0.15, 0.2) is 4.90 Å². The molecule has 0 aliphatic carbocycles. The molecule has 2 atom stereocenters. The van der Waals surface area contributed by atoms with Gasteiger partial charge in [-0.2, -0.15) is 13.2 Å². The molecule has 1 aliphatic heterocycles. The number of carbonyl (C=O) groups is 1. The van der Waals surface area contributed by atoms with E-state index in [0.717, 1.165) is 18.9 Å². The summed E-state index contributed by atoms with van der Waals surface area (Å²) >= 11 is 12.6. The van der Waals surface area contributed by atoms with Crippen molar-refractivity contribution in [3.63, 3.8) is 0 Å². The van der Waals surface area contributed by atoms with Crippen molar-refractivity contribution in [2.45, 2.75) is 50.0 Å². The Morgan fingerprint density at radius 3 is 2.69 bits per heavy atom. The van der Waals surface area contributed by atoms with Gasteiger partial charge < -0.3 is 9.87 Å². The summed E-state index contributed by atoms with van der Waals surface area (Å²) in [6, 6.07) is 7.11. The van der Waals surface area contributed by atoms with Crippen LogP contribution >= 0.6 is 35.1 Å². The van der Waals surface area contributed by atoms with Crippen LogP contribution in [-0.2, 0) is 30.4 Å². The van der Waals surface area contributed by atoms with Crippen LogP contribution in [0.5, 0.6) is 0 Å². The van der Waals surface area contributed by atoms with E-state index >= 15 is 0 Å². The van der Waals surface area contributed by atoms with Crippen molar-refractivity contribution < 1.29 is 22.5 Å². The number of alkyl halides is 3. The van der Waals surface area contributed by atoms with Gasteiger partial charge in [0.1, 0.15) is 5.75 Å². The standard InChI is InChI=1S/C24H28Cl2F3N3O2S2/c1-3-36(34)22-7-6-17(25)9-16(22)12-30-23(33)15-10-20(24(27,28)29)19(21(26)11-15)14-32-8-4-5-18(13-32)31-35-2/h6-7,9-11,18,31H,3-5,8,12-14H2,1-2H3,(H,30,33)/t18-,36?/m1/s1. The highest BCUT2D eigenvalue weighted by molar-refractivity contribution is 7.96. The topological polar surface area (TPSA) is 67.4 Å². The first kappa shape index (κ1) is 29.4. The van der Waals surface area contributed by atoms with E-state index in [-0.39, 0.29) is 35.3 Å². The molecule has 198 valence electrons. The molecule has 1 saturated heterocycles.